The fraction of sp³-hybridized carbons (Fsp3) is 0.529. The van der Waals surface area contributed by atoms with E-state index in [1.165, 1.54) is 25.3 Å². The van der Waals surface area contributed by atoms with E-state index in [0.29, 0.717) is 12.3 Å². The second kappa shape index (κ2) is 7.24. The summed E-state index contributed by atoms with van der Waals surface area (Å²) in [6, 6.07) is 2.96. The summed E-state index contributed by atoms with van der Waals surface area (Å²) in [7, 11) is -2.47. The summed E-state index contributed by atoms with van der Waals surface area (Å²) in [6.07, 6.45) is 3.88. The number of carboxylic acid groups (broad SMARTS) is 1. The molecule has 1 atom stereocenters. The second-order valence-corrected chi connectivity index (χ2v) is 8.49. The number of nitrogens with one attached hydrogen (secondary N) is 2. The Bertz CT molecular complexity index is 815. The number of aliphatic carboxylic acids is 1. The molecule has 0 saturated heterocycles. The second-order valence-electron chi connectivity index (χ2n) is 6.80. The maximum Gasteiger partial charge on any atom is 0.326 e. The zero-order chi connectivity index (χ0) is 18.9. The number of sulfonamides is 1. The average Bonchev–Trinajstić information content (AvgIpc) is 3.50. The topological polar surface area (TPSA) is 122 Å². The minimum absolute atomic E-state index is 0.0732. The highest BCUT2D eigenvalue weighted by atomic mass is 32.2. The summed E-state index contributed by atoms with van der Waals surface area (Å²) < 4.78 is 32.7. The van der Waals surface area contributed by atoms with E-state index in [1.807, 2.05) is 0 Å². The molecule has 8 nitrogen and oxygen atoms in total. The maximum absolute atomic E-state index is 12.5. The molecule has 0 heterocycles. The molecule has 2 saturated carbocycles. The molecular weight excluding hydrogens is 360 g/mol. The molecule has 2 aliphatic carbocycles. The molecule has 0 spiro atoms. The Labute approximate surface area is 152 Å². The van der Waals surface area contributed by atoms with Crippen molar-refractivity contribution in [2.24, 2.45) is 5.92 Å². The molecule has 26 heavy (non-hydrogen) atoms. The van der Waals surface area contributed by atoms with Gasteiger partial charge in [-0.25, -0.2) is 17.9 Å². The van der Waals surface area contributed by atoms with Crippen LogP contribution in [0.15, 0.2) is 23.1 Å². The normalized spacial score (nSPS) is 18.2. The first-order valence-corrected chi connectivity index (χ1v) is 10.0. The van der Waals surface area contributed by atoms with E-state index >= 15 is 0 Å². The quantitative estimate of drug-likeness (QED) is 0.588. The summed E-state index contributed by atoms with van der Waals surface area (Å²) in [5.74, 6) is -1.26. The highest BCUT2D eigenvalue weighted by Crippen LogP contribution is 2.33. The van der Waals surface area contributed by atoms with Crippen molar-refractivity contribution < 1.29 is 27.9 Å². The van der Waals surface area contributed by atoms with Crippen molar-refractivity contribution in [3.63, 3.8) is 0 Å². The van der Waals surface area contributed by atoms with E-state index in [4.69, 9.17) is 4.74 Å². The number of carbonyl (C=O) groups is 2. The van der Waals surface area contributed by atoms with Gasteiger partial charge in [-0.05, 0) is 43.4 Å². The van der Waals surface area contributed by atoms with Gasteiger partial charge in [-0.2, -0.15) is 0 Å². The molecule has 0 aromatic heterocycles. The summed E-state index contributed by atoms with van der Waals surface area (Å²) in [6.45, 7) is 0. The Hall–Kier alpha value is -2.13. The fourth-order valence-corrected chi connectivity index (χ4v) is 4.16. The van der Waals surface area contributed by atoms with Crippen molar-refractivity contribution in [2.75, 3.05) is 7.11 Å². The van der Waals surface area contributed by atoms with Crippen molar-refractivity contribution in [1.82, 2.24) is 10.0 Å². The first-order valence-electron chi connectivity index (χ1n) is 8.54. The van der Waals surface area contributed by atoms with Gasteiger partial charge in [0.1, 0.15) is 16.7 Å². The third-order valence-electron chi connectivity index (χ3n) is 4.48. The van der Waals surface area contributed by atoms with Crippen molar-refractivity contribution in [2.45, 2.75) is 49.1 Å². The summed E-state index contributed by atoms with van der Waals surface area (Å²) in [5, 5.41) is 11.8. The Kier molecular flexibility index (Phi) is 5.19. The largest absolute Gasteiger partial charge is 0.495 e. The van der Waals surface area contributed by atoms with Gasteiger partial charge < -0.3 is 15.2 Å². The number of amides is 1. The van der Waals surface area contributed by atoms with Crippen LogP contribution in [-0.4, -0.2) is 44.6 Å². The van der Waals surface area contributed by atoms with E-state index < -0.39 is 27.9 Å². The molecule has 3 rings (SSSR count). The van der Waals surface area contributed by atoms with E-state index in [9.17, 15) is 23.1 Å². The lowest BCUT2D eigenvalue weighted by atomic mass is 10.1. The van der Waals surface area contributed by atoms with Gasteiger partial charge in [0.05, 0.1) is 7.11 Å². The number of carbonyl (C=O) groups excluding carboxylic acids is 1. The Morgan fingerprint density at radius 1 is 1.27 bits per heavy atom. The highest BCUT2D eigenvalue weighted by molar-refractivity contribution is 7.89. The number of rotatable bonds is 9. The molecule has 1 amide bonds. The zero-order valence-corrected chi connectivity index (χ0v) is 15.2. The molecule has 2 fully saturated rings. The van der Waals surface area contributed by atoms with Crippen LogP contribution in [0.25, 0.3) is 0 Å². The maximum atomic E-state index is 12.5. The van der Waals surface area contributed by atoms with Crippen LogP contribution < -0.4 is 14.8 Å². The van der Waals surface area contributed by atoms with Crippen LogP contribution in [-0.2, 0) is 14.8 Å². The molecule has 1 unspecified atom stereocenters. The molecule has 9 heteroatoms. The van der Waals surface area contributed by atoms with E-state index in [0.717, 1.165) is 25.7 Å². The van der Waals surface area contributed by atoms with Crippen LogP contribution in [0.2, 0.25) is 0 Å². The molecule has 0 aliphatic heterocycles. The van der Waals surface area contributed by atoms with Gasteiger partial charge in [0.15, 0.2) is 0 Å². The lowest BCUT2D eigenvalue weighted by Crippen LogP contribution is -2.41. The van der Waals surface area contributed by atoms with Gasteiger partial charge in [-0.1, -0.05) is 12.8 Å². The minimum atomic E-state index is -3.82. The van der Waals surface area contributed by atoms with Crippen molar-refractivity contribution in [3.05, 3.63) is 23.8 Å². The number of hydrogen-bond acceptors (Lipinski definition) is 5. The monoisotopic (exact) mass is 382 g/mol. The minimum Gasteiger partial charge on any atom is -0.495 e. The van der Waals surface area contributed by atoms with Crippen molar-refractivity contribution in [1.29, 1.82) is 0 Å². The molecule has 0 radical (unpaired) electrons. The third-order valence-corrected chi connectivity index (χ3v) is 6.03. The van der Waals surface area contributed by atoms with Gasteiger partial charge in [0.2, 0.25) is 10.0 Å². The lowest BCUT2D eigenvalue weighted by Gasteiger charge is -2.15. The number of carboxylic acids is 1. The van der Waals surface area contributed by atoms with Gasteiger partial charge >= 0.3 is 5.97 Å². The number of hydrogen-bond donors (Lipinski definition) is 3. The molecule has 1 aromatic carbocycles. The first-order chi connectivity index (χ1) is 12.3. The Morgan fingerprint density at radius 3 is 2.50 bits per heavy atom. The average molecular weight is 382 g/mol. The van der Waals surface area contributed by atoms with E-state index in [2.05, 4.69) is 10.0 Å². The van der Waals surface area contributed by atoms with Crippen LogP contribution in [0.1, 0.15) is 42.5 Å². The Balaban J connectivity index is 1.81. The number of benzene rings is 1. The van der Waals surface area contributed by atoms with E-state index in [-0.39, 0.29) is 22.3 Å². The van der Waals surface area contributed by atoms with Crippen LogP contribution in [0.5, 0.6) is 5.75 Å². The van der Waals surface area contributed by atoms with Crippen molar-refractivity contribution in [3.8, 4) is 5.75 Å². The lowest BCUT2D eigenvalue weighted by molar-refractivity contribution is -0.139. The predicted octanol–water partition coefficient (Wildman–Crippen LogP) is 1.12. The highest BCUT2D eigenvalue weighted by Gasteiger charge is 2.32. The molecular formula is C17H22N2O6S. The number of methoxy groups -OCH3 is 1. The van der Waals surface area contributed by atoms with E-state index in [1.54, 1.807) is 0 Å². The summed E-state index contributed by atoms with van der Waals surface area (Å²) in [4.78, 5) is 23.7. The van der Waals surface area contributed by atoms with Crippen LogP contribution >= 0.6 is 0 Å². The number of ether oxygens (including phenoxy) is 1. The summed E-state index contributed by atoms with van der Waals surface area (Å²) in [5.41, 5.74) is 0.0732. The van der Waals surface area contributed by atoms with Gasteiger partial charge in [0.25, 0.3) is 5.91 Å². The van der Waals surface area contributed by atoms with Gasteiger partial charge in [-0.3, -0.25) is 4.79 Å². The Morgan fingerprint density at radius 2 is 1.96 bits per heavy atom. The van der Waals surface area contributed by atoms with Gasteiger partial charge in [-0.15, -0.1) is 0 Å². The smallest absolute Gasteiger partial charge is 0.326 e. The predicted molar refractivity (Wildman–Crippen MR) is 92.6 cm³/mol. The fourth-order valence-electron chi connectivity index (χ4n) is 2.66. The molecule has 142 valence electrons. The standard InChI is InChI=1S/C17H22N2O6S/c1-25-14-7-4-11(9-15(14)26(23,24)19-12-5-6-12)16(20)18-13(17(21)22)8-10-2-3-10/h4,7,9-10,12-13,19H,2-3,5-6,8H2,1H3,(H,18,20)(H,21,22). The SMILES string of the molecule is COc1ccc(C(=O)NC(CC2CC2)C(=O)O)cc1S(=O)(=O)NC1CC1. The van der Waals surface area contributed by atoms with Gasteiger partial charge in [0, 0.05) is 11.6 Å². The van der Waals surface area contributed by atoms with Crippen LogP contribution in [0, 0.1) is 5.92 Å². The molecule has 3 N–H and O–H groups in total. The first kappa shape index (κ1) is 18.7. The van der Waals surface area contributed by atoms with Crippen molar-refractivity contribution >= 4 is 21.9 Å². The molecule has 0 bridgehead atoms. The summed E-state index contributed by atoms with van der Waals surface area (Å²) >= 11 is 0. The third kappa shape index (κ3) is 4.53. The zero-order valence-electron chi connectivity index (χ0n) is 14.4. The molecule has 2 aliphatic rings. The van der Waals surface area contributed by atoms with Crippen LogP contribution in [0.4, 0.5) is 0 Å². The molecule has 1 aromatic rings. The van der Waals surface area contributed by atoms with Crippen LogP contribution in [0.3, 0.4) is 0 Å².